The standard InChI is InChI=1S/C20H23NO3/c1-14-10-11-17(12-15(14)2)20(23)16(3)21(4)19(22)13-24-18-8-6-5-7-9-18/h5-12,16H,13H2,1-4H3. The normalized spacial score (nSPS) is 11.7. The van der Waals surface area contributed by atoms with Crippen molar-refractivity contribution in [3.63, 3.8) is 0 Å². The van der Waals surface area contributed by atoms with Gasteiger partial charge in [-0.3, -0.25) is 9.59 Å². The maximum atomic E-state index is 12.6. The monoisotopic (exact) mass is 325 g/mol. The van der Waals surface area contributed by atoms with Gasteiger partial charge in [-0.25, -0.2) is 0 Å². The van der Waals surface area contributed by atoms with Crippen LogP contribution in [0.3, 0.4) is 0 Å². The number of hydrogen-bond donors (Lipinski definition) is 0. The lowest BCUT2D eigenvalue weighted by molar-refractivity contribution is -0.133. The van der Waals surface area contributed by atoms with Gasteiger partial charge in [0, 0.05) is 12.6 Å². The molecule has 2 rings (SSSR count). The van der Waals surface area contributed by atoms with E-state index in [-0.39, 0.29) is 18.3 Å². The fourth-order valence-corrected chi connectivity index (χ4v) is 2.29. The second-order valence-electron chi connectivity index (χ2n) is 5.95. The van der Waals surface area contributed by atoms with Crippen molar-refractivity contribution in [3.8, 4) is 5.75 Å². The van der Waals surface area contributed by atoms with Crippen LogP contribution in [-0.4, -0.2) is 36.3 Å². The summed E-state index contributed by atoms with van der Waals surface area (Å²) < 4.78 is 5.46. The third-order valence-electron chi connectivity index (χ3n) is 4.25. The Morgan fingerprint density at radius 3 is 2.33 bits per heavy atom. The van der Waals surface area contributed by atoms with Gasteiger partial charge in [-0.2, -0.15) is 0 Å². The predicted octanol–water partition coefficient (Wildman–Crippen LogP) is 3.41. The zero-order valence-corrected chi connectivity index (χ0v) is 14.6. The Hall–Kier alpha value is -2.62. The molecule has 2 aromatic carbocycles. The van der Waals surface area contributed by atoms with Gasteiger partial charge in [0.1, 0.15) is 5.75 Å². The molecule has 0 saturated carbocycles. The van der Waals surface area contributed by atoms with Gasteiger partial charge in [0.15, 0.2) is 12.4 Å². The molecule has 2 aromatic rings. The first-order valence-corrected chi connectivity index (χ1v) is 7.95. The molecule has 0 spiro atoms. The van der Waals surface area contributed by atoms with Crippen LogP contribution in [0.5, 0.6) is 5.75 Å². The third kappa shape index (κ3) is 4.22. The van der Waals surface area contributed by atoms with Crippen LogP contribution in [-0.2, 0) is 4.79 Å². The summed E-state index contributed by atoms with van der Waals surface area (Å²) in [6.45, 7) is 5.62. The molecule has 4 nitrogen and oxygen atoms in total. The highest BCUT2D eigenvalue weighted by atomic mass is 16.5. The Kier molecular flexibility index (Phi) is 5.74. The van der Waals surface area contributed by atoms with Crippen molar-refractivity contribution >= 4 is 11.7 Å². The minimum atomic E-state index is -0.543. The Balaban J connectivity index is 1.99. The van der Waals surface area contributed by atoms with Gasteiger partial charge < -0.3 is 9.64 Å². The molecule has 0 fully saturated rings. The van der Waals surface area contributed by atoms with Gasteiger partial charge in [-0.05, 0) is 50.1 Å². The van der Waals surface area contributed by atoms with Crippen molar-refractivity contribution < 1.29 is 14.3 Å². The number of ether oxygens (including phenoxy) is 1. The quantitative estimate of drug-likeness (QED) is 0.765. The van der Waals surface area contributed by atoms with Crippen LogP contribution < -0.4 is 4.74 Å². The van der Waals surface area contributed by atoms with E-state index < -0.39 is 6.04 Å². The number of hydrogen-bond acceptors (Lipinski definition) is 3. The molecule has 0 aliphatic rings. The number of ketones is 1. The van der Waals surface area contributed by atoms with Crippen molar-refractivity contribution in [2.75, 3.05) is 13.7 Å². The smallest absolute Gasteiger partial charge is 0.260 e. The van der Waals surface area contributed by atoms with E-state index in [2.05, 4.69) is 0 Å². The van der Waals surface area contributed by atoms with Gasteiger partial charge in [0.05, 0.1) is 6.04 Å². The highest BCUT2D eigenvalue weighted by Gasteiger charge is 2.24. The number of likely N-dealkylation sites (N-methyl/N-ethyl adjacent to an activating group) is 1. The Bertz CT molecular complexity index is 725. The summed E-state index contributed by atoms with van der Waals surface area (Å²) in [7, 11) is 1.63. The largest absolute Gasteiger partial charge is 0.484 e. The number of benzene rings is 2. The van der Waals surface area contributed by atoms with E-state index in [1.54, 1.807) is 32.2 Å². The van der Waals surface area contributed by atoms with Crippen LogP contribution in [0.4, 0.5) is 0 Å². The molecule has 4 heteroatoms. The fraction of sp³-hybridized carbons (Fsp3) is 0.300. The molecule has 24 heavy (non-hydrogen) atoms. The molecule has 0 bridgehead atoms. The number of amides is 1. The van der Waals surface area contributed by atoms with Gasteiger partial charge in [-0.15, -0.1) is 0 Å². The topological polar surface area (TPSA) is 46.6 Å². The van der Waals surface area contributed by atoms with Crippen LogP contribution in [0.15, 0.2) is 48.5 Å². The lowest BCUT2D eigenvalue weighted by Gasteiger charge is -2.24. The van der Waals surface area contributed by atoms with Crippen molar-refractivity contribution in [2.45, 2.75) is 26.8 Å². The van der Waals surface area contributed by atoms with E-state index >= 15 is 0 Å². The van der Waals surface area contributed by atoms with Crippen LogP contribution >= 0.6 is 0 Å². The lowest BCUT2D eigenvalue weighted by Crippen LogP contribution is -2.42. The summed E-state index contributed by atoms with van der Waals surface area (Å²) in [5, 5.41) is 0. The Morgan fingerprint density at radius 2 is 1.71 bits per heavy atom. The average molecular weight is 325 g/mol. The van der Waals surface area contributed by atoms with Crippen molar-refractivity contribution in [1.82, 2.24) is 4.90 Å². The maximum Gasteiger partial charge on any atom is 0.260 e. The Labute approximate surface area is 143 Å². The van der Waals surface area contributed by atoms with Gasteiger partial charge in [0.25, 0.3) is 5.91 Å². The maximum absolute atomic E-state index is 12.6. The second-order valence-corrected chi connectivity index (χ2v) is 5.95. The van der Waals surface area contributed by atoms with E-state index in [0.29, 0.717) is 11.3 Å². The third-order valence-corrected chi connectivity index (χ3v) is 4.25. The molecular formula is C20H23NO3. The molecule has 0 radical (unpaired) electrons. The molecule has 1 amide bonds. The molecule has 1 unspecified atom stereocenters. The summed E-state index contributed by atoms with van der Waals surface area (Å²) in [6, 6.07) is 14.2. The highest BCUT2D eigenvalue weighted by molar-refractivity contribution is 6.01. The van der Waals surface area contributed by atoms with Crippen molar-refractivity contribution in [1.29, 1.82) is 0 Å². The minimum absolute atomic E-state index is 0.0753. The molecule has 0 aliphatic carbocycles. The summed E-state index contributed by atoms with van der Waals surface area (Å²) in [5.74, 6) is 0.324. The molecule has 0 N–H and O–H groups in total. The van der Waals surface area contributed by atoms with E-state index in [0.717, 1.165) is 11.1 Å². The summed E-state index contributed by atoms with van der Waals surface area (Å²) in [4.78, 5) is 26.3. The number of aryl methyl sites for hydroxylation is 2. The van der Waals surface area contributed by atoms with Crippen LogP contribution in [0, 0.1) is 13.8 Å². The average Bonchev–Trinajstić information content (AvgIpc) is 2.61. The summed E-state index contributed by atoms with van der Waals surface area (Å²) >= 11 is 0. The molecule has 0 aromatic heterocycles. The van der Waals surface area contributed by atoms with Crippen molar-refractivity contribution in [3.05, 3.63) is 65.2 Å². The predicted molar refractivity (Wildman–Crippen MR) is 94.4 cm³/mol. The number of Topliss-reactive ketones (excluding diaryl/α,β-unsaturated/α-hetero) is 1. The molecule has 0 saturated heterocycles. The van der Waals surface area contributed by atoms with Gasteiger partial charge >= 0.3 is 0 Å². The number of rotatable bonds is 6. The first-order valence-electron chi connectivity index (χ1n) is 7.95. The SMILES string of the molecule is Cc1ccc(C(=O)C(C)N(C)C(=O)COc2ccccc2)cc1C. The van der Waals surface area contributed by atoms with Crippen LogP contribution in [0.1, 0.15) is 28.4 Å². The first-order chi connectivity index (χ1) is 11.4. The zero-order valence-electron chi connectivity index (χ0n) is 14.6. The molecule has 1 atom stereocenters. The number of carbonyl (C=O) groups excluding carboxylic acids is 2. The van der Waals surface area contributed by atoms with Crippen molar-refractivity contribution in [2.24, 2.45) is 0 Å². The van der Waals surface area contributed by atoms with E-state index in [1.807, 2.05) is 44.2 Å². The van der Waals surface area contributed by atoms with E-state index in [4.69, 9.17) is 4.74 Å². The van der Waals surface area contributed by atoms with Crippen LogP contribution in [0.2, 0.25) is 0 Å². The second kappa shape index (κ2) is 7.77. The fourth-order valence-electron chi connectivity index (χ4n) is 2.29. The molecule has 0 heterocycles. The molecule has 126 valence electrons. The van der Waals surface area contributed by atoms with E-state index in [9.17, 15) is 9.59 Å². The molecular weight excluding hydrogens is 302 g/mol. The van der Waals surface area contributed by atoms with Crippen LogP contribution in [0.25, 0.3) is 0 Å². The lowest BCUT2D eigenvalue weighted by atomic mass is 10.00. The summed E-state index contributed by atoms with van der Waals surface area (Å²) in [5.41, 5.74) is 2.82. The van der Waals surface area contributed by atoms with E-state index in [1.165, 1.54) is 4.90 Å². The Morgan fingerprint density at radius 1 is 1.04 bits per heavy atom. The first kappa shape index (κ1) is 17.7. The minimum Gasteiger partial charge on any atom is -0.484 e. The summed E-state index contributed by atoms with van der Waals surface area (Å²) in [6.07, 6.45) is 0. The highest BCUT2D eigenvalue weighted by Crippen LogP contribution is 2.14. The van der Waals surface area contributed by atoms with Gasteiger partial charge in [-0.1, -0.05) is 30.3 Å². The van der Waals surface area contributed by atoms with Gasteiger partial charge in [0.2, 0.25) is 0 Å². The number of nitrogens with zero attached hydrogens (tertiary/aromatic N) is 1. The number of carbonyl (C=O) groups is 2. The zero-order chi connectivity index (χ0) is 17.7. The number of para-hydroxylation sites is 1. The molecule has 0 aliphatic heterocycles.